The number of furan rings is 1. The first-order chi connectivity index (χ1) is 38.3. The van der Waals surface area contributed by atoms with Gasteiger partial charge in [-0.25, -0.2) is 0 Å². The van der Waals surface area contributed by atoms with E-state index in [4.69, 9.17) is 29.1 Å². The zero-order valence-corrected chi connectivity index (χ0v) is 26.1. The normalized spacial score (nSPS) is 20.0. The summed E-state index contributed by atoms with van der Waals surface area (Å²) in [5, 5.41) is -7.02. The third-order valence-electron chi connectivity index (χ3n) is 8.81. The molecule has 0 radical (unpaired) electrons. The van der Waals surface area contributed by atoms with Crippen molar-refractivity contribution in [1.29, 1.82) is 0 Å². The van der Waals surface area contributed by atoms with Gasteiger partial charge in [0.25, 0.3) is 0 Å². The van der Waals surface area contributed by atoms with Crippen LogP contribution < -0.4 is 0 Å². The second kappa shape index (κ2) is 11.4. The van der Waals surface area contributed by atoms with Gasteiger partial charge in [-0.05, 0) is 112 Å². The van der Waals surface area contributed by atoms with Crippen molar-refractivity contribution in [3.8, 4) is 22.3 Å². The number of hydrogen-bond acceptors (Lipinski definition) is 1. The minimum absolute atomic E-state index is 0.463. The van der Waals surface area contributed by atoms with Crippen LogP contribution in [0, 0.1) is 0 Å². The first-order valence-electron chi connectivity index (χ1n) is 30.6. The van der Waals surface area contributed by atoms with Crippen molar-refractivity contribution in [1.82, 2.24) is 0 Å². The third-order valence-corrected chi connectivity index (χ3v) is 8.81. The molecule has 0 fully saturated rings. The van der Waals surface area contributed by atoms with Gasteiger partial charge < -0.3 is 4.42 Å². The lowest BCUT2D eigenvalue weighted by Crippen LogP contribution is -1.94. The highest BCUT2D eigenvalue weighted by atomic mass is 16.3. The summed E-state index contributed by atoms with van der Waals surface area (Å²) >= 11 is 0. The molecule has 1 heterocycles. The van der Waals surface area contributed by atoms with Crippen molar-refractivity contribution in [3.63, 3.8) is 0 Å². The molecule has 1 nitrogen and oxygen atoms in total. The van der Waals surface area contributed by atoms with Crippen molar-refractivity contribution in [2.24, 2.45) is 0 Å². The van der Waals surface area contributed by atoms with E-state index in [1.807, 2.05) is 0 Å². The Kier molecular flexibility index (Phi) is 2.68. The molecule has 1 aromatic heterocycles. The van der Waals surface area contributed by atoms with Crippen LogP contribution >= 0.6 is 0 Å². The Hall–Kier alpha value is -6.70. The third kappa shape index (κ3) is 4.43. The highest BCUT2D eigenvalue weighted by molar-refractivity contribution is 6.26. The van der Waals surface area contributed by atoms with Gasteiger partial charge in [0.1, 0.15) is 11.2 Å². The van der Waals surface area contributed by atoms with Crippen LogP contribution in [0.15, 0.2) is 186 Å². The fraction of sp³-hybridized carbons (Fsp3) is 0.0196. The van der Waals surface area contributed by atoms with Crippen molar-refractivity contribution < 1.29 is 45.5 Å². The molecule has 0 bridgehead atoms. The largest absolute Gasteiger partial charge is 0.456 e. The van der Waals surface area contributed by atoms with Crippen LogP contribution in [-0.4, -0.2) is 0 Å². The Balaban J connectivity index is 1.37. The van der Waals surface area contributed by atoms with Crippen molar-refractivity contribution in [2.45, 2.75) is 6.42 Å². The minimum atomic E-state index is -1.04. The highest BCUT2D eigenvalue weighted by Crippen LogP contribution is 2.47. The Morgan fingerprint density at radius 1 is 0.385 bits per heavy atom. The predicted molar refractivity (Wildman–Crippen MR) is 221 cm³/mol. The monoisotopic (exact) mass is 690 g/mol. The van der Waals surface area contributed by atoms with E-state index in [-0.39, 0.29) is 0 Å². The van der Waals surface area contributed by atoms with Gasteiger partial charge in [0, 0.05) is 10.8 Å². The molecule has 0 aliphatic heterocycles. The maximum absolute atomic E-state index is 9.95. The lowest BCUT2D eigenvalue weighted by atomic mass is 9.84. The molecular weight excluding hydrogens is 629 g/mol. The molecule has 10 aromatic carbocycles. The second-order valence-electron chi connectivity index (χ2n) is 11.6. The molecule has 1 heteroatoms. The van der Waals surface area contributed by atoms with E-state index < -0.39 is 297 Å². The number of rotatable bonds is 4. The molecule has 0 aliphatic rings. The van der Waals surface area contributed by atoms with Gasteiger partial charge in [-0.2, -0.15) is 0 Å². The topological polar surface area (TPSA) is 13.1 Å². The number of fused-ring (bicyclic) bond motifs is 9. The smallest absolute Gasteiger partial charge is 0.136 e. The Morgan fingerprint density at radius 3 is 1.77 bits per heavy atom. The van der Waals surface area contributed by atoms with Gasteiger partial charge in [-0.3, -0.25) is 0 Å². The fourth-order valence-corrected chi connectivity index (χ4v) is 6.62. The van der Waals surface area contributed by atoms with E-state index >= 15 is 0 Å². The molecular formula is C51H32O. The SMILES string of the molecule is [2H]c1c([2H])c(Cc2c([2H])c([2H])c([2H])c3c2c([2H])c([2H])c2c([2H])c([2H])c([2H])c([2H])c23)c([2H])c(-c2c3c([2H])c([2H])c([2H])c([2H])c3c(-c3c([2H])c([2H])c([2H])c4oc5c([2H])c6c([2H])c([2H])c([2H])c([2H])c6c([2H])c5c34)c3c([2H])c([2H])c([2H])c([2H])c23)c1[2H]. The summed E-state index contributed by atoms with van der Waals surface area (Å²) in [6.07, 6.45) is -0.946. The van der Waals surface area contributed by atoms with Crippen LogP contribution in [0.2, 0.25) is 0 Å². The molecule has 0 spiro atoms. The standard InChI is InChI=1S/C51H32O/c1-2-15-35-31-48-46(30-34(35)14-1)51-45(24-11-25-47(51)52-48)50-43-21-7-5-19-41(43)49(42-20-6-8-22-44(42)50)37-17-9-12-32(29-37)28-36-16-10-23-40-38-18-4-3-13-33(38)26-27-39(36)40/h1-27,29-31H,28H2/i1D,2D,3D,4D,5D,6D,7D,8D,9D,10D,11D,12D,13D,14D,15D,16D,17D,18D,19D,20D,21D,22D,23D,24D,25D,26D,27D,29D,30D,31D. The number of hydrogen-bond donors (Lipinski definition) is 0. The lowest BCUT2D eigenvalue weighted by molar-refractivity contribution is 0.669. The van der Waals surface area contributed by atoms with Crippen LogP contribution in [-0.2, 0) is 6.42 Å². The summed E-state index contributed by atoms with van der Waals surface area (Å²) in [6.45, 7) is 0. The second-order valence-corrected chi connectivity index (χ2v) is 11.6. The van der Waals surface area contributed by atoms with Crippen molar-refractivity contribution in [3.05, 3.63) is 192 Å². The quantitative estimate of drug-likeness (QED) is 0.132. The zero-order valence-electron chi connectivity index (χ0n) is 56.1. The maximum atomic E-state index is 9.95. The maximum Gasteiger partial charge on any atom is 0.136 e. The molecule has 0 N–H and O–H groups in total. The fourth-order valence-electron chi connectivity index (χ4n) is 6.62. The molecule has 0 atom stereocenters. The van der Waals surface area contributed by atoms with E-state index in [0.717, 1.165) is 0 Å². The lowest BCUT2D eigenvalue weighted by Gasteiger charge is -2.19. The molecule has 0 saturated carbocycles. The Bertz CT molecular complexity index is 4870. The van der Waals surface area contributed by atoms with Crippen LogP contribution in [0.5, 0.6) is 0 Å². The first-order valence-corrected chi connectivity index (χ1v) is 15.6. The molecule has 52 heavy (non-hydrogen) atoms. The van der Waals surface area contributed by atoms with Gasteiger partial charge in [-0.1, -0.05) is 163 Å². The van der Waals surface area contributed by atoms with Crippen molar-refractivity contribution >= 4 is 75.8 Å². The van der Waals surface area contributed by atoms with Crippen LogP contribution in [0.25, 0.3) is 98.1 Å². The summed E-state index contributed by atoms with van der Waals surface area (Å²) in [6, 6.07) is -26.7. The van der Waals surface area contributed by atoms with E-state index in [1.165, 1.54) is 0 Å². The Morgan fingerprint density at radius 2 is 1.00 bits per heavy atom. The zero-order chi connectivity index (χ0) is 60.3. The molecule has 11 aromatic rings. The summed E-state index contributed by atoms with van der Waals surface area (Å²) in [5.41, 5.74) is -5.37. The first kappa shape index (κ1) is 12.2. The molecule has 0 unspecified atom stereocenters. The number of benzene rings is 10. The highest BCUT2D eigenvalue weighted by Gasteiger charge is 2.20. The van der Waals surface area contributed by atoms with Gasteiger partial charge in [0.05, 0.1) is 41.1 Å². The minimum Gasteiger partial charge on any atom is -0.456 e. The summed E-state index contributed by atoms with van der Waals surface area (Å²) in [5.74, 6) is 0. The van der Waals surface area contributed by atoms with Crippen LogP contribution in [0.1, 0.15) is 52.2 Å². The molecule has 0 amide bonds. The average molecular weight is 691 g/mol. The summed E-state index contributed by atoms with van der Waals surface area (Å²) < 4.78 is 278. The van der Waals surface area contributed by atoms with E-state index in [2.05, 4.69) is 0 Å². The average Bonchev–Trinajstić information content (AvgIpc) is 2.81. The van der Waals surface area contributed by atoms with Crippen LogP contribution in [0.4, 0.5) is 0 Å². The van der Waals surface area contributed by atoms with Gasteiger partial charge in [0.15, 0.2) is 0 Å². The van der Waals surface area contributed by atoms with Crippen LogP contribution in [0.3, 0.4) is 0 Å². The van der Waals surface area contributed by atoms with E-state index in [1.54, 1.807) is 0 Å². The predicted octanol–water partition coefficient (Wildman–Crippen LogP) is 14.3. The molecule has 0 saturated heterocycles. The summed E-state index contributed by atoms with van der Waals surface area (Å²) in [4.78, 5) is 0. The Labute approximate surface area is 343 Å². The van der Waals surface area contributed by atoms with E-state index in [0.29, 0.717) is 0 Å². The molecule has 0 aliphatic carbocycles. The molecule has 242 valence electrons. The van der Waals surface area contributed by atoms with Gasteiger partial charge in [0.2, 0.25) is 0 Å². The summed E-state index contributed by atoms with van der Waals surface area (Å²) in [7, 11) is 0. The van der Waals surface area contributed by atoms with Crippen molar-refractivity contribution in [2.75, 3.05) is 0 Å². The molecule has 11 rings (SSSR count). The van der Waals surface area contributed by atoms with E-state index in [9.17, 15) is 16.4 Å². The van der Waals surface area contributed by atoms with Gasteiger partial charge >= 0.3 is 0 Å². The van der Waals surface area contributed by atoms with Gasteiger partial charge in [-0.15, -0.1) is 0 Å².